The monoisotopic (exact) mass is 485 g/mol. The minimum atomic E-state index is -4.09. The van der Waals surface area contributed by atoms with Crippen molar-refractivity contribution in [3.05, 3.63) is 16.9 Å². The van der Waals surface area contributed by atoms with Gasteiger partial charge in [-0.25, -0.2) is 4.98 Å². The quantitative estimate of drug-likeness (QED) is 0.387. The third-order valence-electron chi connectivity index (χ3n) is 2.44. The molecule has 2 heterocycles. The first kappa shape index (κ1) is 27.2. The van der Waals surface area contributed by atoms with Gasteiger partial charge in [0.1, 0.15) is 17.5 Å². The van der Waals surface area contributed by atoms with Gasteiger partial charge >= 0.3 is 10.6 Å². The minimum Gasteiger partial charge on any atom is -0.357 e. The number of halogens is 1. The van der Waals surface area contributed by atoms with E-state index in [-0.39, 0.29) is 11.2 Å². The van der Waals surface area contributed by atoms with Gasteiger partial charge in [-0.2, -0.15) is 33.3 Å². The first-order chi connectivity index (χ1) is 13.9. The number of aryl methyl sites for hydroxylation is 2. The molecule has 2 aromatic heterocycles. The fourth-order valence-corrected chi connectivity index (χ4v) is 2.03. The number of aromatic nitrogens is 6. The molecule has 0 aliphatic carbocycles. The normalized spacial score (nSPS) is 9.93. The van der Waals surface area contributed by atoms with Crippen molar-refractivity contribution in [3.8, 4) is 0 Å². The summed E-state index contributed by atoms with van der Waals surface area (Å²) < 4.78 is 54.7. The second kappa shape index (κ2) is 13.5. The van der Waals surface area contributed by atoms with E-state index in [4.69, 9.17) is 28.8 Å². The Morgan fingerprint density at radius 2 is 1.37 bits per heavy atom. The first-order valence-corrected chi connectivity index (χ1v) is 10.8. The Morgan fingerprint density at radius 1 is 0.900 bits per heavy atom. The summed E-state index contributed by atoms with van der Waals surface area (Å²) in [5.74, 6) is 1.36. The lowest BCUT2D eigenvalue weighted by Gasteiger charge is -2.05. The number of hydrogen-bond donors (Lipinski definition) is 4. The fourth-order valence-electron chi connectivity index (χ4n) is 1.51. The lowest BCUT2D eigenvalue weighted by atomic mass is 10.7. The van der Waals surface area contributed by atoms with Crippen LogP contribution in [-0.4, -0.2) is 75.0 Å². The van der Waals surface area contributed by atoms with E-state index < -0.39 is 26.6 Å². The largest absolute Gasteiger partial charge is 0.425 e. The van der Waals surface area contributed by atoms with Crippen molar-refractivity contribution in [3.63, 3.8) is 0 Å². The lowest BCUT2D eigenvalue weighted by Crippen LogP contribution is -2.16. The van der Waals surface area contributed by atoms with Crippen LogP contribution in [0.25, 0.3) is 0 Å². The molecule has 0 aromatic carbocycles. The van der Waals surface area contributed by atoms with Crippen LogP contribution < -0.4 is 16.0 Å². The zero-order chi connectivity index (χ0) is 23.3. The molecule has 4 N–H and O–H groups in total. The van der Waals surface area contributed by atoms with Crippen LogP contribution in [0.2, 0.25) is 5.28 Å². The van der Waals surface area contributed by atoms with Crippen LogP contribution in [0.4, 0.5) is 17.8 Å². The summed E-state index contributed by atoms with van der Waals surface area (Å²) in [6.07, 6.45) is 0. The van der Waals surface area contributed by atoms with Crippen LogP contribution in [-0.2, 0) is 20.7 Å². The van der Waals surface area contributed by atoms with Crippen molar-refractivity contribution < 1.29 is 25.6 Å². The van der Waals surface area contributed by atoms with Crippen LogP contribution in [0.3, 0.4) is 0 Å². The molecule has 0 atom stereocenters. The average Bonchev–Trinajstić information content (AvgIpc) is 2.58. The van der Waals surface area contributed by atoms with E-state index in [1.807, 2.05) is 6.92 Å². The first-order valence-electron chi connectivity index (χ1n) is 7.84. The number of rotatable bonds is 6. The summed E-state index contributed by atoms with van der Waals surface area (Å²) in [4.78, 5) is 23.3. The standard InChI is InChI=1S/C6H9ClN4.C6H11N5O3S.O3S/c1-3-8-6-10-4(2)9-5(7)11-6;1-4-9-5(7-2)11-6(10-4)8-3-15(12,13)14;1-4(2)3/h3H2,1-2H3,(H,8,9,10,11);3H2,1-2H3,(H,12,13,14)(H2,7,8,9,10,11);. The van der Waals surface area contributed by atoms with E-state index in [0.29, 0.717) is 23.5 Å². The van der Waals surface area contributed by atoms with Gasteiger partial charge in [0.15, 0.2) is 0 Å². The van der Waals surface area contributed by atoms with Gasteiger partial charge in [0.25, 0.3) is 10.1 Å². The number of hydrogen-bond acceptors (Lipinski definition) is 14. The van der Waals surface area contributed by atoms with Crippen molar-refractivity contribution in [2.75, 3.05) is 35.4 Å². The van der Waals surface area contributed by atoms with E-state index >= 15 is 0 Å². The van der Waals surface area contributed by atoms with E-state index in [2.05, 4.69) is 45.9 Å². The highest BCUT2D eigenvalue weighted by molar-refractivity contribution is 7.85. The number of nitrogens with zero attached hydrogens (tertiary/aromatic N) is 6. The molecule has 2 rings (SSSR count). The van der Waals surface area contributed by atoms with Gasteiger partial charge < -0.3 is 16.0 Å². The molecule has 0 aliphatic rings. The van der Waals surface area contributed by atoms with Crippen molar-refractivity contribution in [2.45, 2.75) is 20.8 Å². The summed E-state index contributed by atoms with van der Waals surface area (Å²) in [5.41, 5.74) is 0. The van der Waals surface area contributed by atoms with Gasteiger partial charge in [-0.15, -0.1) is 12.6 Å². The molecule has 18 heteroatoms. The van der Waals surface area contributed by atoms with Crippen LogP contribution in [0, 0.1) is 13.8 Å². The molecule has 0 saturated carbocycles. The molecule has 0 fully saturated rings. The third-order valence-corrected chi connectivity index (χ3v) is 3.12. The molecule has 0 aliphatic heterocycles. The molecule has 0 spiro atoms. The van der Waals surface area contributed by atoms with Gasteiger partial charge in [0.05, 0.1) is 0 Å². The van der Waals surface area contributed by atoms with Gasteiger partial charge in [-0.3, -0.25) is 4.55 Å². The summed E-state index contributed by atoms with van der Waals surface area (Å²) in [7, 11) is -5.57. The Bertz CT molecular complexity index is 1010. The lowest BCUT2D eigenvalue weighted by molar-refractivity contribution is 0.485. The smallest absolute Gasteiger partial charge is 0.357 e. The summed E-state index contributed by atoms with van der Waals surface area (Å²) in [5, 5.41) is 8.22. The van der Waals surface area contributed by atoms with Crippen LogP contribution in [0.1, 0.15) is 18.6 Å². The van der Waals surface area contributed by atoms with E-state index in [1.165, 1.54) is 0 Å². The molecular formula is C12H20ClN9O6S2. The highest BCUT2D eigenvalue weighted by Crippen LogP contribution is 2.05. The predicted octanol–water partition coefficient (Wildman–Crippen LogP) is -0.260. The zero-order valence-corrected chi connectivity index (χ0v) is 18.7. The molecule has 0 amide bonds. The molecule has 2 aromatic rings. The second-order valence-corrected chi connectivity index (χ2v) is 7.09. The van der Waals surface area contributed by atoms with Crippen LogP contribution in [0.15, 0.2) is 0 Å². The van der Waals surface area contributed by atoms with Crippen molar-refractivity contribution in [1.29, 1.82) is 0 Å². The summed E-state index contributed by atoms with van der Waals surface area (Å²) in [6, 6.07) is 0. The van der Waals surface area contributed by atoms with Crippen LogP contribution >= 0.6 is 11.6 Å². The van der Waals surface area contributed by atoms with E-state index in [0.717, 1.165) is 6.54 Å². The maximum atomic E-state index is 10.5. The Labute approximate surface area is 179 Å². The zero-order valence-electron chi connectivity index (χ0n) is 16.3. The van der Waals surface area contributed by atoms with Gasteiger partial charge in [-0.05, 0) is 32.4 Å². The average molecular weight is 486 g/mol. The van der Waals surface area contributed by atoms with Crippen molar-refractivity contribution >= 4 is 50.2 Å². The van der Waals surface area contributed by atoms with Gasteiger partial charge in [0.2, 0.25) is 23.1 Å². The Kier molecular flexibility index (Phi) is 12.2. The maximum absolute atomic E-state index is 10.5. The van der Waals surface area contributed by atoms with Crippen molar-refractivity contribution in [1.82, 2.24) is 29.9 Å². The van der Waals surface area contributed by atoms with E-state index in [1.54, 1.807) is 20.9 Å². The second-order valence-electron chi connectivity index (χ2n) is 4.89. The molecule has 0 bridgehead atoms. The molecule has 0 unspecified atom stereocenters. The molecule has 168 valence electrons. The molecular weight excluding hydrogens is 466 g/mol. The van der Waals surface area contributed by atoms with Gasteiger partial charge in [-0.1, -0.05) is 0 Å². The maximum Gasteiger partial charge on any atom is 0.425 e. The molecule has 0 radical (unpaired) electrons. The molecule has 30 heavy (non-hydrogen) atoms. The SMILES string of the molecule is CCNc1nc(C)nc(Cl)n1.CNc1nc(C)nc(NCS(=O)(=O)O)n1.O=S(=O)=O. The Morgan fingerprint density at radius 3 is 1.80 bits per heavy atom. The third kappa shape index (κ3) is 14.3. The van der Waals surface area contributed by atoms with Crippen LogP contribution in [0.5, 0.6) is 0 Å². The number of nitrogens with one attached hydrogen (secondary N) is 3. The predicted molar refractivity (Wildman–Crippen MR) is 108 cm³/mol. The van der Waals surface area contributed by atoms with E-state index in [9.17, 15) is 8.42 Å². The summed E-state index contributed by atoms with van der Waals surface area (Å²) in [6.45, 7) is 6.16. The molecule has 0 saturated heterocycles. The summed E-state index contributed by atoms with van der Waals surface area (Å²) >= 11 is 5.58. The number of anilines is 3. The minimum absolute atomic E-state index is 0.0875. The molecule has 15 nitrogen and oxygen atoms in total. The Balaban J connectivity index is 0.000000491. The topological polar surface area (TPSA) is 219 Å². The highest BCUT2D eigenvalue weighted by Gasteiger charge is 2.07. The highest BCUT2D eigenvalue weighted by atomic mass is 35.5. The Hall–Kier alpha value is -2.76. The fraction of sp³-hybridized carbons (Fsp3) is 0.500. The van der Waals surface area contributed by atoms with Gasteiger partial charge in [0, 0.05) is 13.6 Å². The van der Waals surface area contributed by atoms with Crippen molar-refractivity contribution in [2.24, 2.45) is 0 Å².